The number of aryl methyl sites for hydroxylation is 3. The van der Waals surface area contributed by atoms with E-state index in [9.17, 15) is 0 Å². The molecule has 0 fully saturated rings. The molecule has 6 nitrogen and oxygen atoms in total. The number of methoxy groups -OCH3 is 1. The van der Waals surface area contributed by atoms with Crippen LogP contribution in [0.4, 0.5) is 0 Å². The van der Waals surface area contributed by atoms with Gasteiger partial charge < -0.3 is 10.1 Å². The minimum atomic E-state index is 0.0738. The molecule has 0 unspecified atom stereocenters. The normalized spacial score (nSPS) is 12.4. The van der Waals surface area contributed by atoms with Gasteiger partial charge in [0.2, 0.25) is 5.88 Å². The van der Waals surface area contributed by atoms with Crippen molar-refractivity contribution in [2.45, 2.75) is 33.4 Å². The lowest BCUT2D eigenvalue weighted by Gasteiger charge is -2.13. The highest BCUT2D eigenvalue weighted by Crippen LogP contribution is 2.18. The van der Waals surface area contributed by atoms with Gasteiger partial charge in [-0.15, -0.1) is 0 Å². The molecule has 108 valence electrons. The zero-order valence-electron chi connectivity index (χ0n) is 12.6. The summed E-state index contributed by atoms with van der Waals surface area (Å²) in [5.41, 5.74) is 3.18. The van der Waals surface area contributed by atoms with Crippen LogP contribution in [0.25, 0.3) is 0 Å². The van der Waals surface area contributed by atoms with Crippen molar-refractivity contribution in [1.29, 1.82) is 0 Å². The van der Waals surface area contributed by atoms with Gasteiger partial charge in [-0.2, -0.15) is 5.10 Å². The molecule has 0 aliphatic rings. The van der Waals surface area contributed by atoms with Crippen LogP contribution in [0.3, 0.4) is 0 Å². The largest absolute Gasteiger partial charge is 0.481 e. The van der Waals surface area contributed by atoms with Crippen LogP contribution >= 0.6 is 0 Å². The van der Waals surface area contributed by atoms with Crippen LogP contribution in [-0.4, -0.2) is 26.9 Å². The maximum atomic E-state index is 5.27. The minimum absolute atomic E-state index is 0.0738. The molecule has 0 radical (unpaired) electrons. The van der Waals surface area contributed by atoms with Crippen LogP contribution in [-0.2, 0) is 13.6 Å². The predicted octanol–water partition coefficient (Wildman–Crippen LogP) is 1.69. The molecule has 2 rings (SSSR count). The van der Waals surface area contributed by atoms with E-state index in [2.05, 4.69) is 33.4 Å². The fraction of sp³-hybridized carbons (Fsp3) is 0.500. The minimum Gasteiger partial charge on any atom is -0.481 e. The molecule has 0 saturated carbocycles. The molecule has 0 aromatic carbocycles. The molecule has 0 saturated heterocycles. The van der Waals surface area contributed by atoms with Crippen LogP contribution < -0.4 is 10.1 Å². The Labute approximate surface area is 119 Å². The Morgan fingerprint density at radius 1 is 1.35 bits per heavy atom. The van der Waals surface area contributed by atoms with Gasteiger partial charge in [-0.3, -0.25) is 4.68 Å². The number of nitrogens with one attached hydrogen (secondary N) is 1. The smallest absolute Gasteiger partial charge is 0.216 e. The average molecular weight is 275 g/mol. The topological polar surface area (TPSA) is 64.9 Å². The zero-order chi connectivity index (χ0) is 14.7. The van der Waals surface area contributed by atoms with E-state index in [1.54, 1.807) is 18.1 Å². The highest BCUT2D eigenvalue weighted by atomic mass is 16.5. The Hall–Kier alpha value is -1.95. The fourth-order valence-corrected chi connectivity index (χ4v) is 2.05. The second-order valence-electron chi connectivity index (χ2n) is 4.96. The molecule has 0 spiro atoms. The van der Waals surface area contributed by atoms with Crippen molar-refractivity contribution in [3.8, 4) is 5.88 Å². The van der Waals surface area contributed by atoms with E-state index in [0.717, 1.165) is 22.6 Å². The second-order valence-corrected chi connectivity index (χ2v) is 4.96. The highest BCUT2D eigenvalue weighted by molar-refractivity contribution is 5.32. The number of rotatable bonds is 5. The number of aromatic nitrogens is 4. The van der Waals surface area contributed by atoms with E-state index < -0.39 is 0 Å². The summed E-state index contributed by atoms with van der Waals surface area (Å²) in [6, 6.07) is 2.16. The third-order valence-electron chi connectivity index (χ3n) is 3.24. The average Bonchev–Trinajstić information content (AvgIpc) is 2.84. The summed E-state index contributed by atoms with van der Waals surface area (Å²) in [5, 5.41) is 7.67. The summed E-state index contributed by atoms with van der Waals surface area (Å²) in [6.07, 6.45) is 1.70. The van der Waals surface area contributed by atoms with Crippen LogP contribution in [0.1, 0.15) is 35.6 Å². The van der Waals surface area contributed by atoms with Gasteiger partial charge in [0.05, 0.1) is 18.8 Å². The second kappa shape index (κ2) is 6.00. The maximum absolute atomic E-state index is 5.27. The maximum Gasteiger partial charge on any atom is 0.216 e. The van der Waals surface area contributed by atoms with Gasteiger partial charge >= 0.3 is 0 Å². The molecule has 0 aliphatic heterocycles. The molecular weight excluding hydrogens is 254 g/mol. The molecule has 20 heavy (non-hydrogen) atoms. The number of ether oxygens (including phenoxy) is 1. The summed E-state index contributed by atoms with van der Waals surface area (Å²) in [6.45, 7) is 6.74. The van der Waals surface area contributed by atoms with Crippen LogP contribution in [0.15, 0.2) is 12.4 Å². The van der Waals surface area contributed by atoms with Crippen molar-refractivity contribution in [3.63, 3.8) is 0 Å². The SMILES string of the molecule is COc1nc(CN[C@H](C)c2ncn(C)n2)c(C)cc1C. The summed E-state index contributed by atoms with van der Waals surface area (Å²) in [7, 11) is 3.50. The number of pyridine rings is 1. The molecule has 6 heteroatoms. The van der Waals surface area contributed by atoms with Gasteiger partial charge in [-0.05, 0) is 32.4 Å². The van der Waals surface area contributed by atoms with Gasteiger partial charge in [-0.25, -0.2) is 9.97 Å². The van der Waals surface area contributed by atoms with Gasteiger partial charge in [0.1, 0.15) is 6.33 Å². The Kier molecular flexibility index (Phi) is 4.34. The van der Waals surface area contributed by atoms with E-state index in [-0.39, 0.29) is 6.04 Å². The Morgan fingerprint density at radius 3 is 2.70 bits per heavy atom. The zero-order valence-corrected chi connectivity index (χ0v) is 12.6. The number of hydrogen-bond acceptors (Lipinski definition) is 5. The van der Waals surface area contributed by atoms with Gasteiger partial charge in [0, 0.05) is 19.2 Å². The van der Waals surface area contributed by atoms with E-state index >= 15 is 0 Å². The van der Waals surface area contributed by atoms with Crippen molar-refractivity contribution >= 4 is 0 Å². The van der Waals surface area contributed by atoms with Crippen LogP contribution in [0.5, 0.6) is 5.88 Å². The first kappa shape index (κ1) is 14.5. The van der Waals surface area contributed by atoms with E-state index in [4.69, 9.17) is 4.74 Å². The van der Waals surface area contributed by atoms with Gasteiger partial charge in [0.25, 0.3) is 0 Å². The van der Waals surface area contributed by atoms with Crippen molar-refractivity contribution in [2.75, 3.05) is 7.11 Å². The lowest BCUT2D eigenvalue weighted by atomic mass is 10.1. The summed E-state index contributed by atoms with van der Waals surface area (Å²) >= 11 is 0. The third-order valence-corrected chi connectivity index (χ3v) is 3.24. The number of nitrogens with zero attached hydrogens (tertiary/aromatic N) is 4. The molecule has 2 aromatic rings. The molecule has 0 amide bonds. The molecular formula is C14H21N5O. The Balaban J connectivity index is 2.07. The summed E-state index contributed by atoms with van der Waals surface area (Å²) < 4.78 is 6.97. The first-order valence-electron chi connectivity index (χ1n) is 6.61. The first-order valence-corrected chi connectivity index (χ1v) is 6.61. The first-order chi connectivity index (χ1) is 9.51. The predicted molar refractivity (Wildman–Crippen MR) is 76.5 cm³/mol. The Morgan fingerprint density at radius 2 is 2.10 bits per heavy atom. The van der Waals surface area contributed by atoms with Gasteiger partial charge in [-0.1, -0.05) is 0 Å². The molecule has 0 aliphatic carbocycles. The number of hydrogen-bond donors (Lipinski definition) is 1. The van der Waals surface area contributed by atoms with Crippen LogP contribution in [0, 0.1) is 13.8 Å². The fourth-order valence-electron chi connectivity index (χ4n) is 2.05. The monoisotopic (exact) mass is 275 g/mol. The lowest BCUT2D eigenvalue weighted by Crippen LogP contribution is -2.21. The van der Waals surface area contributed by atoms with Crippen molar-refractivity contribution in [1.82, 2.24) is 25.1 Å². The molecule has 1 atom stereocenters. The molecule has 0 bridgehead atoms. The molecule has 2 aromatic heterocycles. The highest BCUT2D eigenvalue weighted by Gasteiger charge is 2.12. The molecule has 1 N–H and O–H groups in total. The van der Waals surface area contributed by atoms with E-state index in [1.807, 2.05) is 20.9 Å². The third kappa shape index (κ3) is 3.14. The Bertz CT molecular complexity index is 593. The summed E-state index contributed by atoms with van der Waals surface area (Å²) in [5.74, 6) is 1.46. The van der Waals surface area contributed by atoms with Crippen LogP contribution in [0.2, 0.25) is 0 Å². The molecule has 2 heterocycles. The summed E-state index contributed by atoms with van der Waals surface area (Å²) in [4.78, 5) is 8.77. The van der Waals surface area contributed by atoms with Gasteiger partial charge in [0.15, 0.2) is 5.82 Å². The standard InChI is InChI=1S/C14H21N5O/c1-9-6-10(2)14(20-5)17-12(9)7-15-11(3)13-16-8-19(4)18-13/h6,8,11,15H,7H2,1-5H3/t11-/m1/s1. The van der Waals surface area contributed by atoms with E-state index in [0.29, 0.717) is 12.4 Å². The van der Waals surface area contributed by atoms with Crippen molar-refractivity contribution in [2.24, 2.45) is 7.05 Å². The lowest BCUT2D eigenvalue weighted by molar-refractivity contribution is 0.391. The quantitative estimate of drug-likeness (QED) is 0.899. The van der Waals surface area contributed by atoms with Crippen molar-refractivity contribution in [3.05, 3.63) is 35.0 Å². The van der Waals surface area contributed by atoms with Crippen molar-refractivity contribution < 1.29 is 4.74 Å². The van der Waals surface area contributed by atoms with E-state index in [1.165, 1.54) is 0 Å².